The molecule has 3 aromatic rings. The van der Waals surface area contributed by atoms with E-state index in [2.05, 4.69) is 4.72 Å². The van der Waals surface area contributed by atoms with E-state index in [1.165, 1.54) is 29.8 Å². The molecule has 6 nitrogen and oxygen atoms in total. The molecule has 0 radical (unpaired) electrons. The summed E-state index contributed by atoms with van der Waals surface area (Å²) < 4.78 is 33.6. The molecule has 3 rings (SSSR count). The highest BCUT2D eigenvalue weighted by Crippen LogP contribution is 2.20. The van der Waals surface area contributed by atoms with E-state index in [4.69, 9.17) is 4.42 Å². The lowest BCUT2D eigenvalue weighted by Crippen LogP contribution is -2.13. The van der Waals surface area contributed by atoms with Gasteiger partial charge in [-0.25, -0.2) is 13.2 Å². The van der Waals surface area contributed by atoms with Crippen LogP contribution in [0.2, 0.25) is 0 Å². The van der Waals surface area contributed by atoms with Crippen molar-refractivity contribution in [1.82, 2.24) is 4.57 Å². The number of nitrogens with zero attached hydrogens (tertiary/aromatic N) is 1. The Balaban J connectivity index is 2.03. The van der Waals surface area contributed by atoms with Crippen molar-refractivity contribution in [1.29, 1.82) is 0 Å². The molecule has 0 saturated carbocycles. The molecule has 114 valence electrons. The molecule has 1 aromatic heterocycles. The van der Waals surface area contributed by atoms with Gasteiger partial charge in [0.2, 0.25) is 0 Å². The van der Waals surface area contributed by atoms with Crippen LogP contribution in [0.4, 0.5) is 5.69 Å². The highest BCUT2D eigenvalue weighted by atomic mass is 32.2. The van der Waals surface area contributed by atoms with Gasteiger partial charge in [-0.15, -0.1) is 0 Å². The van der Waals surface area contributed by atoms with E-state index in [1.807, 2.05) is 19.1 Å². The van der Waals surface area contributed by atoms with Crippen molar-refractivity contribution in [2.45, 2.75) is 11.8 Å². The van der Waals surface area contributed by atoms with Gasteiger partial charge in [0.05, 0.1) is 10.4 Å². The molecule has 1 heterocycles. The van der Waals surface area contributed by atoms with Crippen molar-refractivity contribution in [3.05, 3.63) is 58.6 Å². The van der Waals surface area contributed by atoms with Gasteiger partial charge in [-0.1, -0.05) is 17.7 Å². The number of anilines is 1. The molecular formula is C15H14N2O4S. The van der Waals surface area contributed by atoms with Crippen LogP contribution in [0.1, 0.15) is 5.56 Å². The Bertz CT molecular complexity index is 998. The lowest BCUT2D eigenvalue weighted by atomic mass is 10.2. The number of fused-ring (bicyclic) bond motifs is 1. The minimum atomic E-state index is -3.73. The van der Waals surface area contributed by atoms with Crippen LogP contribution in [-0.4, -0.2) is 13.0 Å². The van der Waals surface area contributed by atoms with E-state index in [9.17, 15) is 13.2 Å². The second kappa shape index (κ2) is 5.03. The second-order valence-corrected chi connectivity index (χ2v) is 6.71. The fourth-order valence-electron chi connectivity index (χ4n) is 2.11. The van der Waals surface area contributed by atoms with Gasteiger partial charge < -0.3 is 4.42 Å². The number of hydrogen-bond donors (Lipinski definition) is 1. The predicted molar refractivity (Wildman–Crippen MR) is 83.4 cm³/mol. The summed E-state index contributed by atoms with van der Waals surface area (Å²) in [5, 5.41) is 0. The SMILES string of the molecule is Cc1ccc(NS(=O)(=O)c2ccc3oc(=O)n(C)c3c2)cc1. The molecule has 0 amide bonds. The number of oxazole rings is 1. The van der Waals surface area contributed by atoms with Crippen LogP contribution in [0, 0.1) is 6.92 Å². The summed E-state index contributed by atoms with van der Waals surface area (Å²) in [6, 6.07) is 11.3. The fraction of sp³-hybridized carbons (Fsp3) is 0.133. The number of nitrogens with one attached hydrogen (secondary N) is 1. The molecule has 0 aliphatic heterocycles. The van der Waals surface area contributed by atoms with Crippen LogP contribution >= 0.6 is 0 Å². The zero-order valence-electron chi connectivity index (χ0n) is 12.0. The first-order chi connectivity index (χ1) is 10.4. The third-order valence-corrected chi connectivity index (χ3v) is 4.76. The lowest BCUT2D eigenvalue weighted by Gasteiger charge is -2.08. The van der Waals surface area contributed by atoms with Crippen molar-refractivity contribution in [3.63, 3.8) is 0 Å². The van der Waals surface area contributed by atoms with Gasteiger partial charge in [0.15, 0.2) is 5.58 Å². The normalized spacial score (nSPS) is 11.7. The van der Waals surface area contributed by atoms with Gasteiger partial charge in [0.25, 0.3) is 10.0 Å². The van der Waals surface area contributed by atoms with Crippen LogP contribution in [0.25, 0.3) is 11.1 Å². The second-order valence-electron chi connectivity index (χ2n) is 5.03. The molecule has 0 saturated heterocycles. The van der Waals surface area contributed by atoms with Gasteiger partial charge >= 0.3 is 5.76 Å². The van der Waals surface area contributed by atoms with E-state index in [0.717, 1.165) is 5.56 Å². The van der Waals surface area contributed by atoms with Crippen LogP contribution in [-0.2, 0) is 17.1 Å². The Labute approximate surface area is 127 Å². The maximum atomic E-state index is 12.4. The highest BCUT2D eigenvalue weighted by molar-refractivity contribution is 7.92. The minimum Gasteiger partial charge on any atom is -0.408 e. The number of sulfonamides is 1. The molecule has 0 bridgehead atoms. The van der Waals surface area contributed by atoms with Crippen molar-refractivity contribution in [3.8, 4) is 0 Å². The molecule has 0 aliphatic carbocycles. The molecular weight excluding hydrogens is 304 g/mol. The van der Waals surface area contributed by atoms with Gasteiger partial charge in [0, 0.05) is 12.7 Å². The Morgan fingerprint density at radius 2 is 1.77 bits per heavy atom. The number of aromatic nitrogens is 1. The van der Waals surface area contributed by atoms with Crippen LogP contribution < -0.4 is 10.5 Å². The molecule has 0 fully saturated rings. The average Bonchev–Trinajstić information content (AvgIpc) is 2.76. The van der Waals surface area contributed by atoms with E-state index >= 15 is 0 Å². The highest BCUT2D eigenvalue weighted by Gasteiger charge is 2.17. The molecule has 7 heteroatoms. The van der Waals surface area contributed by atoms with Crippen LogP contribution in [0.3, 0.4) is 0 Å². The first kappa shape index (κ1) is 14.4. The zero-order valence-corrected chi connectivity index (χ0v) is 12.8. The predicted octanol–water partition coefficient (Wildman–Crippen LogP) is 2.24. The van der Waals surface area contributed by atoms with Gasteiger partial charge in [-0.2, -0.15) is 0 Å². The first-order valence-electron chi connectivity index (χ1n) is 6.56. The third-order valence-electron chi connectivity index (χ3n) is 3.38. The number of benzene rings is 2. The molecule has 0 spiro atoms. The minimum absolute atomic E-state index is 0.0666. The lowest BCUT2D eigenvalue weighted by molar-refractivity contribution is 0.528. The standard InChI is InChI=1S/C15H14N2O4S/c1-10-3-5-11(6-4-10)16-22(19,20)12-7-8-14-13(9-12)17(2)15(18)21-14/h3-9,16H,1-2H3. The maximum Gasteiger partial charge on any atom is 0.419 e. The van der Waals surface area contributed by atoms with E-state index < -0.39 is 15.8 Å². The molecule has 0 aliphatic rings. The van der Waals surface area contributed by atoms with Crippen LogP contribution in [0.15, 0.2) is 56.6 Å². The summed E-state index contributed by atoms with van der Waals surface area (Å²) in [5.74, 6) is -0.531. The summed E-state index contributed by atoms with van der Waals surface area (Å²) >= 11 is 0. The Hall–Kier alpha value is -2.54. The summed E-state index contributed by atoms with van der Waals surface area (Å²) in [7, 11) is -2.21. The first-order valence-corrected chi connectivity index (χ1v) is 8.04. The molecule has 1 N–H and O–H groups in total. The van der Waals surface area contributed by atoms with Crippen LogP contribution in [0.5, 0.6) is 0 Å². The number of aryl methyl sites for hydroxylation is 2. The van der Waals surface area contributed by atoms with Crippen molar-refractivity contribution >= 4 is 26.8 Å². The maximum absolute atomic E-state index is 12.4. The molecule has 22 heavy (non-hydrogen) atoms. The van der Waals surface area contributed by atoms with Gasteiger partial charge in [-0.3, -0.25) is 9.29 Å². The third kappa shape index (κ3) is 2.50. The number of rotatable bonds is 3. The Morgan fingerprint density at radius 1 is 1.09 bits per heavy atom. The fourth-order valence-corrected chi connectivity index (χ4v) is 3.19. The topological polar surface area (TPSA) is 81.3 Å². The molecule has 0 unspecified atom stereocenters. The average molecular weight is 318 g/mol. The van der Waals surface area contributed by atoms with Crippen molar-refractivity contribution in [2.75, 3.05) is 4.72 Å². The molecule has 2 aromatic carbocycles. The summed E-state index contributed by atoms with van der Waals surface area (Å²) in [6.07, 6.45) is 0. The Morgan fingerprint density at radius 3 is 2.45 bits per heavy atom. The molecule has 0 atom stereocenters. The smallest absolute Gasteiger partial charge is 0.408 e. The summed E-state index contributed by atoms with van der Waals surface area (Å²) in [6.45, 7) is 1.92. The van der Waals surface area contributed by atoms with Crippen molar-refractivity contribution < 1.29 is 12.8 Å². The van der Waals surface area contributed by atoms with Gasteiger partial charge in [0.1, 0.15) is 0 Å². The van der Waals surface area contributed by atoms with E-state index in [-0.39, 0.29) is 4.90 Å². The largest absolute Gasteiger partial charge is 0.419 e. The van der Waals surface area contributed by atoms with E-state index in [1.54, 1.807) is 12.1 Å². The summed E-state index contributed by atoms with van der Waals surface area (Å²) in [4.78, 5) is 11.5. The van der Waals surface area contributed by atoms with E-state index in [0.29, 0.717) is 16.8 Å². The van der Waals surface area contributed by atoms with Gasteiger partial charge in [-0.05, 0) is 37.3 Å². The van der Waals surface area contributed by atoms with Crippen molar-refractivity contribution in [2.24, 2.45) is 7.05 Å². The summed E-state index contributed by atoms with van der Waals surface area (Å²) in [5.41, 5.74) is 2.29. The monoisotopic (exact) mass is 318 g/mol. The Kier molecular flexibility index (Phi) is 3.29. The quantitative estimate of drug-likeness (QED) is 0.803. The number of hydrogen-bond acceptors (Lipinski definition) is 4. The zero-order chi connectivity index (χ0) is 15.9.